The largest absolute Gasteiger partial charge is 0.479 e. The number of hydrogen-bond acceptors (Lipinski definition) is 5. The van der Waals surface area contributed by atoms with E-state index in [-0.39, 0.29) is 11.5 Å². The molecule has 5 heteroatoms. The highest BCUT2D eigenvalue weighted by atomic mass is 16.6. The molecule has 5 nitrogen and oxygen atoms in total. The Labute approximate surface area is 151 Å². The number of ether oxygens (including phenoxy) is 2. The first-order valence-electron chi connectivity index (χ1n) is 8.44. The van der Waals surface area contributed by atoms with E-state index in [2.05, 4.69) is 0 Å². The minimum absolute atomic E-state index is 0.115. The molecule has 0 saturated heterocycles. The Hall–Kier alpha value is -3.08. The monoisotopic (exact) mass is 352 g/mol. The van der Waals surface area contributed by atoms with Crippen molar-refractivity contribution in [2.75, 3.05) is 0 Å². The molecule has 26 heavy (non-hydrogen) atoms. The number of benzene rings is 2. The molecule has 0 aliphatic heterocycles. The Morgan fingerprint density at radius 1 is 1.04 bits per heavy atom. The van der Waals surface area contributed by atoms with Crippen LogP contribution in [0.4, 0.5) is 0 Å². The van der Waals surface area contributed by atoms with Gasteiger partial charge in [0.2, 0.25) is 0 Å². The van der Waals surface area contributed by atoms with Crippen molar-refractivity contribution in [3.8, 4) is 16.9 Å². The first kappa shape index (κ1) is 17.7. The van der Waals surface area contributed by atoms with Gasteiger partial charge in [0, 0.05) is 6.07 Å². The second kappa shape index (κ2) is 7.44. The van der Waals surface area contributed by atoms with E-state index in [1.807, 2.05) is 30.3 Å². The lowest BCUT2D eigenvalue weighted by atomic mass is 10.1. The van der Waals surface area contributed by atoms with Gasteiger partial charge in [-0.25, -0.2) is 4.79 Å². The molecule has 0 unspecified atom stereocenters. The lowest BCUT2D eigenvalue weighted by molar-refractivity contribution is -0.154. The third-order valence-corrected chi connectivity index (χ3v) is 3.83. The molecule has 0 radical (unpaired) electrons. The molecule has 0 saturated carbocycles. The summed E-state index contributed by atoms with van der Waals surface area (Å²) in [5.41, 5.74) is 1.59. The Morgan fingerprint density at radius 3 is 2.46 bits per heavy atom. The minimum atomic E-state index is -0.759. The van der Waals surface area contributed by atoms with Gasteiger partial charge >= 0.3 is 5.97 Å². The molecule has 0 aliphatic carbocycles. The van der Waals surface area contributed by atoms with Crippen LogP contribution in [0.15, 0.2) is 64.0 Å². The van der Waals surface area contributed by atoms with E-state index in [0.29, 0.717) is 22.3 Å². The Kier molecular flexibility index (Phi) is 5.07. The SMILES string of the molecule is CC(C)OC(=O)[C@@H](C)Oc1ccc2c(=O)c(-c3ccccc3)coc2c1. The fourth-order valence-electron chi connectivity index (χ4n) is 2.58. The molecule has 134 valence electrons. The smallest absolute Gasteiger partial charge is 0.347 e. The van der Waals surface area contributed by atoms with Crippen LogP contribution in [0, 0.1) is 0 Å². The van der Waals surface area contributed by atoms with Crippen LogP contribution in [0.2, 0.25) is 0 Å². The van der Waals surface area contributed by atoms with Crippen LogP contribution in [0.5, 0.6) is 5.75 Å². The molecule has 0 fully saturated rings. The third kappa shape index (κ3) is 3.77. The van der Waals surface area contributed by atoms with Crippen molar-refractivity contribution in [3.63, 3.8) is 0 Å². The zero-order valence-corrected chi connectivity index (χ0v) is 14.9. The predicted molar refractivity (Wildman–Crippen MR) is 99.2 cm³/mol. The maximum absolute atomic E-state index is 12.7. The molecule has 0 N–H and O–H groups in total. The van der Waals surface area contributed by atoms with Gasteiger partial charge in [-0.15, -0.1) is 0 Å². The van der Waals surface area contributed by atoms with E-state index in [1.54, 1.807) is 39.0 Å². The fraction of sp³-hybridized carbons (Fsp3) is 0.238. The highest BCUT2D eigenvalue weighted by Gasteiger charge is 2.18. The molecule has 1 aromatic heterocycles. The normalized spacial score (nSPS) is 12.2. The molecular weight excluding hydrogens is 332 g/mol. The Bertz CT molecular complexity index is 973. The van der Waals surface area contributed by atoms with Crippen LogP contribution in [-0.2, 0) is 9.53 Å². The van der Waals surface area contributed by atoms with E-state index in [1.165, 1.54) is 6.26 Å². The van der Waals surface area contributed by atoms with Crippen molar-refractivity contribution < 1.29 is 18.7 Å². The average Bonchev–Trinajstić information content (AvgIpc) is 2.62. The molecule has 3 aromatic rings. The number of carbonyl (C=O) groups excluding carboxylic acids is 1. The number of fused-ring (bicyclic) bond motifs is 1. The average molecular weight is 352 g/mol. The zero-order valence-electron chi connectivity index (χ0n) is 14.9. The molecule has 0 aliphatic rings. The van der Waals surface area contributed by atoms with E-state index in [0.717, 1.165) is 5.56 Å². The second-order valence-corrected chi connectivity index (χ2v) is 6.25. The maximum Gasteiger partial charge on any atom is 0.347 e. The summed E-state index contributed by atoms with van der Waals surface area (Å²) in [4.78, 5) is 24.6. The van der Waals surface area contributed by atoms with Gasteiger partial charge in [-0.2, -0.15) is 0 Å². The van der Waals surface area contributed by atoms with E-state index in [4.69, 9.17) is 13.9 Å². The maximum atomic E-state index is 12.7. The lowest BCUT2D eigenvalue weighted by Crippen LogP contribution is -2.28. The van der Waals surface area contributed by atoms with Crippen molar-refractivity contribution in [1.29, 1.82) is 0 Å². The zero-order chi connectivity index (χ0) is 18.7. The van der Waals surface area contributed by atoms with Crippen molar-refractivity contribution >= 4 is 16.9 Å². The van der Waals surface area contributed by atoms with Crippen molar-refractivity contribution in [2.24, 2.45) is 0 Å². The molecular formula is C21H20O5. The molecule has 1 atom stereocenters. The van der Waals surface area contributed by atoms with Gasteiger partial charge in [0.25, 0.3) is 0 Å². The highest BCUT2D eigenvalue weighted by Crippen LogP contribution is 2.23. The van der Waals surface area contributed by atoms with E-state index in [9.17, 15) is 9.59 Å². The van der Waals surface area contributed by atoms with Gasteiger partial charge in [-0.1, -0.05) is 30.3 Å². The molecule has 2 aromatic carbocycles. The van der Waals surface area contributed by atoms with Gasteiger partial charge < -0.3 is 13.9 Å². The summed E-state index contributed by atoms with van der Waals surface area (Å²) in [6, 6.07) is 14.2. The van der Waals surface area contributed by atoms with Crippen LogP contribution in [0.3, 0.4) is 0 Å². The summed E-state index contributed by atoms with van der Waals surface area (Å²) < 4.78 is 16.4. The number of hydrogen-bond donors (Lipinski definition) is 0. The Balaban J connectivity index is 1.89. The van der Waals surface area contributed by atoms with Gasteiger partial charge in [0.05, 0.1) is 17.1 Å². The molecule has 0 spiro atoms. The Morgan fingerprint density at radius 2 is 1.77 bits per heavy atom. The summed E-state index contributed by atoms with van der Waals surface area (Å²) in [7, 11) is 0. The summed E-state index contributed by atoms with van der Waals surface area (Å²) >= 11 is 0. The van der Waals surface area contributed by atoms with Gasteiger partial charge in [0.15, 0.2) is 11.5 Å². The van der Waals surface area contributed by atoms with Gasteiger partial charge in [-0.3, -0.25) is 4.79 Å². The first-order chi connectivity index (χ1) is 12.5. The van der Waals surface area contributed by atoms with Crippen LogP contribution in [0.1, 0.15) is 20.8 Å². The highest BCUT2D eigenvalue weighted by molar-refractivity contribution is 5.82. The van der Waals surface area contributed by atoms with Crippen LogP contribution in [-0.4, -0.2) is 18.2 Å². The molecule has 1 heterocycles. The van der Waals surface area contributed by atoms with Crippen LogP contribution >= 0.6 is 0 Å². The summed E-state index contributed by atoms with van der Waals surface area (Å²) in [5, 5.41) is 0.455. The summed E-state index contributed by atoms with van der Waals surface area (Å²) in [6.07, 6.45) is 0.477. The summed E-state index contributed by atoms with van der Waals surface area (Å²) in [5.74, 6) is -0.0118. The summed E-state index contributed by atoms with van der Waals surface area (Å²) in [6.45, 7) is 5.17. The van der Waals surface area contributed by atoms with E-state index >= 15 is 0 Å². The van der Waals surface area contributed by atoms with Gasteiger partial charge in [-0.05, 0) is 38.5 Å². The predicted octanol–water partition coefficient (Wildman–Crippen LogP) is 4.18. The molecule has 0 amide bonds. The number of carbonyl (C=O) groups is 1. The van der Waals surface area contributed by atoms with Crippen LogP contribution < -0.4 is 10.2 Å². The van der Waals surface area contributed by atoms with E-state index < -0.39 is 12.1 Å². The number of esters is 1. The third-order valence-electron chi connectivity index (χ3n) is 3.83. The fourth-order valence-corrected chi connectivity index (χ4v) is 2.58. The minimum Gasteiger partial charge on any atom is -0.479 e. The van der Waals surface area contributed by atoms with Crippen molar-refractivity contribution in [1.82, 2.24) is 0 Å². The van der Waals surface area contributed by atoms with Gasteiger partial charge in [0.1, 0.15) is 17.6 Å². The standard InChI is InChI=1S/C21H20O5/c1-13(2)25-21(23)14(3)26-16-9-10-17-19(11-16)24-12-18(20(17)22)15-7-5-4-6-8-15/h4-14H,1-3H3/t14-/m1/s1. The molecule has 0 bridgehead atoms. The first-order valence-corrected chi connectivity index (χ1v) is 8.44. The lowest BCUT2D eigenvalue weighted by Gasteiger charge is -2.15. The quantitative estimate of drug-likeness (QED) is 0.645. The second-order valence-electron chi connectivity index (χ2n) is 6.25. The molecule has 3 rings (SSSR count). The number of rotatable bonds is 5. The van der Waals surface area contributed by atoms with Crippen molar-refractivity contribution in [2.45, 2.75) is 33.0 Å². The van der Waals surface area contributed by atoms with Crippen molar-refractivity contribution in [3.05, 3.63) is 65.0 Å². The van der Waals surface area contributed by atoms with Crippen LogP contribution in [0.25, 0.3) is 22.1 Å². The topological polar surface area (TPSA) is 65.7 Å².